The van der Waals surface area contributed by atoms with Crippen LogP contribution in [-0.2, 0) is 6.42 Å². The third kappa shape index (κ3) is 3.51. The quantitative estimate of drug-likeness (QED) is 0.633. The molecule has 1 amide bonds. The summed E-state index contributed by atoms with van der Waals surface area (Å²) in [5.41, 5.74) is 8.92. The van der Waals surface area contributed by atoms with Crippen molar-refractivity contribution in [2.24, 2.45) is 5.92 Å². The number of hydrogen-bond donors (Lipinski definition) is 3. The predicted octanol–water partition coefficient (Wildman–Crippen LogP) is 2.65. The summed E-state index contributed by atoms with van der Waals surface area (Å²) in [6, 6.07) is 15.3. The number of nitrogens with zero attached hydrogens (tertiary/aromatic N) is 1. The van der Waals surface area contributed by atoms with Gasteiger partial charge in [0.25, 0.3) is 5.91 Å². The molecule has 3 aromatic rings. The van der Waals surface area contributed by atoms with E-state index in [1.807, 2.05) is 48.5 Å². The van der Waals surface area contributed by atoms with Gasteiger partial charge in [-0.05, 0) is 23.6 Å². The fraction of sp³-hybridized carbons (Fsp3) is 0.238. The first-order valence-corrected chi connectivity index (χ1v) is 9.13. The summed E-state index contributed by atoms with van der Waals surface area (Å²) in [4.78, 5) is 12.7. The van der Waals surface area contributed by atoms with Crippen molar-refractivity contribution < 1.29 is 14.3 Å². The largest absolute Gasteiger partial charge is 0.497 e. The molecule has 1 atom stereocenters. The summed E-state index contributed by atoms with van der Waals surface area (Å²) in [6.07, 6.45) is 0.830. The molecule has 1 aromatic heterocycles. The molecule has 0 aliphatic carbocycles. The lowest BCUT2D eigenvalue weighted by Gasteiger charge is -2.25. The topological polar surface area (TPSA) is 102 Å². The molecule has 0 saturated carbocycles. The Morgan fingerprint density at radius 3 is 2.93 bits per heavy atom. The Hall–Kier alpha value is -3.48. The van der Waals surface area contributed by atoms with Gasteiger partial charge in [0.1, 0.15) is 17.2 Å². The minimum Gasteiger partial charge on any atom is -0.497 e. The van der Waals surface area contributed by atoms with Gasteiger partial charge in [-0.25, -0.2) is 0 Å². The van der Waals surface area contributed by atoms with Crippen molar-refractivity contribution in [3.8, 4) is 22.6 Å². The molecule has 1 aliphatic rings. The molecular formula is C21H22N4O3. The van der Waals surface area contributed by atoms with Gasteiger partial charge in [0.15, 0.2) is 5.82 Å². The van der Waals surface area contributed by atoms with Crippen LogP contribution in [0.5, 0.6) is 11.5 Å². The van der Waals surface area contributed by atoms with E-state index in [1.54, 1.807) is 7.11 Å². The zero-order valence-corrected chi connectivity index (χ0v) is 15.6. The molecule has 0 unspecified atom stereocenters. The molecule has 0 spiro atoms. The number of H-pyrrole nitrogens is 1. The molecular weight excluding hydrogens is 356 g/mol. The number of nitrogens with one attached hydrogen (secondary N) is 2. The number of rotatable bonds is 5. The van der Waals surface area contributed by atoms with Crippen LogP contribution in [0.1, 0.15) is 16.1 Å². The summed E-state index contributed by atoms with van der Waals surface area (Å²) in [6.45, 7) is 1.04. The van der Waals surface area contributed by atoms with E-state index in [1.165, 1.54) is 0 Å². The minimum atomic E-state index is -0.233. The van der Waals surface area contributed by atoms with Gasteiger partial charge in [-0.3, -0.25) is 9.89 Å². The first-order valence-electron chi connectivity index (χ1n) is 9.13. The van der Waals surface area contributed by atoms with Gasteiger partial charge in [-0.1, -0.05) is 36.4 Å². The lowest BCUT2D eigenvalue weighted by molar-refractivity contribution is 0.0934. The van der Waals surface area contributed by atoms with Crippen molar-refractivity contribution in [2.75, 3.05) is 26.0 Å². The van der Waals surface area contributed by atoms with Gasteiger partial charge in [0, 0.05) is 18.5 Å². The number of benzene rings is 2. The van der Waals surface area contributed by atoms with E-state index in [0.29, 0.717) is 30.2 Å². The second kappa shape index (κ2) is 7.64. The van der Waals surface area contributed by atoms with Crippen LogP contribution >= 0.6 is 0 Å². The van der Waals surface area contributed by atoms with Gasteiger partial charge in [-0.15, -0.1) is 0 Å². The highest BCUT2D eigenvalue weighted by Crippen LogP contribution is 2.31. The maximum Gasteiger partial charge on any atom is 0.270 e. The van der Waals surface area contributed by atoms with Crippen LogP contribution in [-0.4, -0.2) is 36.4 Å². The number of hydrogen-bond acceptors (Lipinski definition) is 5. The fourth-order valence-corrected chi connectivity index (χ4v) is 3.42. The van der Waals surface area contributed by atoms with Gasteiger partial charge < -0.3 is 20.5 Å². The predicted molar refractivity (Wildman–Crippen MR) is 106 cm³/mol. The molecule has 0 radical (unpaired) electrons. The van der Waals surface area contributed by atoms with E-state index in [-0.39, 0.29) is 11.8 Å². The number of carbonyl (C=O) groups excluding carboxylic acids is 1. The monoisotopic (exact) mass is 378 g/mol. The van der Waals surface area contributed by atoms with Crippen molar-refractivity contribution >= 4 is 11.7 Å². The lowest BCUT2D eigenvalue weighted by Crippen LogP contribution is -2.35. The molecule has 4 rings (SSSR count). The first kappa shape index (κ1) is 17.9. The average Bonchev–Trinajstić information content (AvgIpc) is 3.13. The maximum absolute atomic E-state index is 12.7. The average molecular weight is 378 g/mol. The molecule has 0 bridgehead atoms. The number of aromatic amines is 1. The standard InChI is InChI=1S/C21H22N4O3/c1-27-16-8-7-15-9-13(12-28-17(15)10-16)11-23-21(26)19-18(20(22)25-24-19)14-5-3-2-4-6-14/h2-8,10,13H,9,11-12H2,1H3,(H,23,26)(H3,22,24,25)/t13-/m0/s1. The fourth-order valence-electron chi connectivity index (χ4n) is 3.42. The number of methoxy groups -OCH3 is 1. The van der Waals surface area contributed by atoms with Crippen molar-refractivity contribution in [2.45, 2.75) is 6.42 Å². The molecule has 0 saturated heterocycles. The molecule has 7 nitrogen and oxygen atoms in total. The number of amides is 1. The van der Waals surface area contributed by atoms with Crippen LogP contribution in [0.15, 0.2) is 48.5 Å². The van der Waals surface area contributed by atoms with E-state index in [0.717, 1.165) is 29.0 Å². The number of nitrogen functional groups attached to an aromatic ring is 1. The Bertz CT molecular complexity index is 985. The molecule has 1 aliphatic heterocycles. The smallest absolute Gasteiger partial charge is 0.270 e. The Balaban J connectivity index is 1.43. The van der Waals surface area contributed by atoms with E-state index < -0.39 is 0 Å². The number of aromatic nitrogens is 2. The van der Waals surface area contributed by atoms with E-state index in [9.17, 15) is 4.79 Å². The molecule has 28 heavy (non-hydrogen) atoms. The molecule has 2 heterocycles. The van der Waals surface area contributed by atoms with Crippen LogP contribution in [0, 0.1) is 5.92 Å². The van der Waals surface area contributed by atoms with Crippen LogP contribution < -0.4 is 20.5 Å². The summed E-state index contributed by atoms with van der Waals surface area (Å²) >= 11 is 0. The summed E-state index contributed by atoms with van der Waals surface area (Å²) in [5.74, 6) is 1.87. The number of ether oxygens (including phenoxy) is 2. The van der Waals surface area contributed by atoms with E-state index in [4.69, 9.17) is 15.2 Å². The lowest BCUT2D eigenvalue weighted by atomic mass is 9.96. The number of nitrogens with two attached hydrogens (primary N) is 1. The Morgan fingerprint density at radius 2 is 2.14 bits per heavy atom. The van der Waals surface area contributed by atoms with Crippen LogP contribution in [0.3, 0.4) is 0 Å². The molecule has 7 heteroatoms. The summed E-state index contributed by atoms with van der Waals surface area (Å²) < 4.78 is 11.1. The van der Waals surface area contributed by atoms with Gasteiger partial charge >= 0.3 is 0 Å². The second-order valence-corrected chi connectivity index (χ2v) is 6.79. The van der Waals surface area contributed by atoms with Gasteiger partial charge in [-0.2, -0.15) is 5.10 Å². The second-order valence-electron chi connectivity index (χ2n) is 6.79. The maximum atomic E-state index is 12.7. The molecule has 0 fully saturated rings. The third-order valence-electron chi connectivity index (χ3n) is 4.89. The summed E-state index contributed by atoms with van der Waals surface area (Å²) in [7, 11) is 1.63. The summed E-state index contributed by atoms with van der Waals surface area (Å²) in [5, 5.41) is 9.74. The van der Waals surface area contributed by atoms with Crippen LogP contribution in [0.4, 0.5) is 5.82 Å². The van der Waals surface area contributed by atoms with Crippen molar-refractivity contribution in [1.29, 1.82) is 0 Å². The number of anilines is 1. The van der Waals surface area contributed by atoms with Crippen molar-refractivity contribution in [3.63, 3.8) is 0 Å². The zero-order chi connectivity index (χ0) is 19.5. The number of carbonyl (C=O) groups is 1. The normalized spacial score (nSPS) is 15.4. The Kier molecular flexibility index (Phi) is 4.89. The Morgan fingerprint density at radius 1 is 1.32 bits per heavy atom. The van der Waals surface area contributed by atoms with E-state index in [2.05, 4.69) is 15.5 Å². The van der Waals surface area contributed by atoms with Crippen molar-refractivity contribution in [1.82, 2.24) is 15.5 Å². The molecule has 4 N–H and O–H groups in total. The molecule has 144 valence electrons. The first-order chi connectivity index (χ1) is 13.7. The van der Waals surface area contributed by atoms with Gasteiger partial charge in [0.05, 0.1) is 19.3 Å². The zero-order valence-electron chi connectivity index (χ0n) is 15.6. The molecule has 2 aromatic carbocycles. The van der Waals surface area contributed by atoms with Crippen LogP contribution in [0.25, 0.3) is 11.1 Å². The SMILES string of the molecule is COc1ccc2c(c1)OC[C@H](CNC(=O)c1[nH]nc(N)c1-c1ccccc1)C2. The van der Waals surface area contributed by atoms with E-state index >= 15 is 0 Å². The number of fused-ring (bicyclic) bond motifs is 1. The highest BCUT2D eigenvalue weighted by atomic mass is 16.5. The third-order valence-corrected chi connectivity index (χ3v) is 4.89. The van der Waals surface area contributed by atoms with Crippen LogP contribution in [0.2, 0.25) is 0 Å². The Labute approximate surface area is 162 Å². The van der Waals surface area contributed by atoms with Gasteiger partial charge in [0.2, 0.25) is 0 Å². The minimum absolute atomic E-state index is 0.185. The van der Waals surface area contributed by atoms with Crippen molar-refractivity contribution in [3.05, 3.63) is 59.8 Å². The highest BCUT2D eigenvalue weighted by molar-refractivity contribution is 6.01. The highest BCUT2D eigenvalue weighted by Gasteiger charge is 2.23.